The summed E-state index contributed by atoms with van der Waals surface area (Å²) in [6.07, 6.45) is 5.09. The van der Waals surface area contributed by atoms with Gasteiger partial charge in [-0.2, -0.15) is 0 Å². The van der Waals surface area contributed by atoms with Crippen LogP contribution in [-0.2, 0) is 0 Å². The Kier molecular flexibility index (Phi) is 2.58. The lowest BCUT2D eigenvalue weighted by Gasteiger charge is -2.15. The minimum atomic E-state index is -0.465. The molecule has 1 aliphatic rings. The van der Waals surface area contributed by atoms with Crippen molar-refractivity contribution in [2.45, 2.75) is 31.4 Å². The average Bonchev–Trinajstić information content (AvgIpc) is 2.56. The fraction of sp³-hybridized carbons (Fsp3) is 0.556. The van der Waals surface area contributed by atoms with Gasteiger partial charge in [0.2, 0.25) is 0 Å². The lowest BCUT2D eigenvalue weighted by Crippen LogP contribution is -2.34. The van der Waals surface area contributed by atoms with E-state index in [-0.39, 0.29) is 18.2 Å². The SMILES string of the molecule is NC1CCCC1Oc1ncc(F)cn1. The number of halogens is 1. The summed E-state index contributed by atoms with van der Waals surface area (Å²) in [6, 6.07) is 0.248. The van der Waals surface area contributed by atoms with Crippen LogP contribution in [0, 0.1) is 5.82 Å². The van der Waals surface area contributed by atoms with Gasteiger partial charge in [0.05, 0.1) is 12.4 Å². The Morgan fingerprint density at radius 2 is 2.07 bits per heavy atom. The zero-order chi connectivity index (χ0) is 9.97. The molecule has 0 spiro atoms. The molecule has 76 valence electrons. The fourth-order valence-electron chi connectivity index (χ4n) is 1.60. The van der Waals surface area contributed by atoms with Crippen molar-refractivity contribution in [1.29, 1.82) is 0 Å². The molecule has 0 amide bonds. The van der Waals surface area contributed by atoms with Gasteiger partial charge in [0.1, 0.15) is 6.10 Å². The molecule has 0 saturated heterocycles. The fourth-order valence-corrected chi connectivity index (χ4v) is 1.60. The minimum Gasteiger partial charge on any atom is -0.458 e. The zero-order valence-corrected chi connectivity index (χ0v) is 7.69. The van der Waals surface area contributed by atoms with Gasteiger partial charge >= 0.3 is 6.01 Å². The number of rotatable bonds is 2. The Labute approximate surface area is 81.3 Å². The first-order valence-electron chi connectivity index (χ1n) is 4.65. The Morgan fingerprint density at radius 3 is 2.64 bits per heavy atom. The molecule has 2 atom stereocenters. The van der Waals surface area contributed by atoms with Crippen LogP contribution < -0.4 is 10.5 Å². The topological polar surface area (TPSA) is 61.0 Å². The Morgan fingerprint density at radius 1 is 1.36 bits per heavy atom. The molecule has 1 fully saturated rings. The van der Waals surface area contributed by atoms with Crippen molar-refractivity contribution in [2.24, 2.45) is 5.73 Å². The molecular weight excluding hydrogens is 185 g/mol. The monoisotopic (exact) mass is 197 g/mol. The molecule has 0 radical (unpaired) electrons. The smallest absolute Gasteiger partial charge is 0.316 e. The van der Waals surface area contributed by atoms with E-state index in [1.54, 1.807) is 0 Å². The van der Waals surface area contributed by atoms with Crippen molar-refractivity contribution in [3.05, 3.63) is 18.2 Å². The van der Waals surface area contributed by atoms with Crippen LogP contribution >= 0.6 is 0 Å². The normalized spacial score (nSPS) is 26.4. The van der Waals surface area contributed by atoms with E-state index in [1.807, 2.05) is 0 Å². The standard InChI is InChI=1S/C9H12FN3O/c10-6-4-12-9(13-5-6)14-8-3-1-2-7(8)11/h4-5,7-8H,1-3,11H2. The second-order valence-corrected chi connectivity index (χ2v) is 3.43. The van der Waals surface area contributed by atoms with Crippen molar-refractivity contribution >= 4 is 0 Å². The second kappa shape index (κ2) is 3.88. The molecule has 0 aliphatic heterocycles. The number of hydrogen-bond acceptors (Lipinski definition) is 4. The quantitative estimate of drug-likeness (QED) is 0.764. The number of nitrogens with two attached hydrogens (primary N) is 1. The molecule has 5 heteroatoms. The lowest BCUT2D eigenvalue weighted by molar-refractivity contribution is 0.175. The molecular formula is C9H12FN3O. The van der Waals surface area contributed by atoms with E-state index in [1.165, 1.54) is 0 Å². The molecule has 1 saturated carbocycles. The average molecular weight is 197 g/mol. The predicted molar refractivity (Wildman–Crippen MR) is 48.2 cm³/mol. The first-order valence-corrected chi connectivity index (χ1v) is 4.65. The van der Waals surface area contributed by atoms with Gasteiger partial charge in [0.15, 0.2) is 5.82 Å². The van der Waals surface area contributed by atoms with Gasteiger partial charge in [-0.15, -0.1) is 0 Å². The number of hydrogen-bond donors (Lipinski definition) is 1. The maximum absolute atomic E-state index is 12.5. The molecule has 1 aliphatic carbocycles. The van der Waals surface area contributed by atoms with Crippen molar-refractivity contribution in [3.8, 4) is 6.01 Å². The van der Waals surface area contributed by atoms with E-state index in [4.69, 9.17) is 10.5 Å². The summed E-state index contributed by atoms with van der Waals surface area (Å²) in [5.41, 5.74) is 5.80. The van der Waals surface area contributed by atoms with Crippen LogP contribution in [0.4, 0.5) is 4.39 Å². The third-order valence-electron chi connectivity index (χ3n) is 2.36. The summed E-state index contributed by atoms with van der Waals surface area (Å²) in [5, 5.41) is 0. The summed E-state index contributed by atoms with van der Waals surface area (Å²) in [6.45, 7) is 0. The van der Waals surface area contributed by atoms with Crippen LogP contribution in [0.15, 0.2) is 12.4 Å². The van der Waals surface area contributed by atoms with Gasteiger partial charge < -0.3 is 10.5 Å². The van der Waals surface area contributed by atoms with Crippen LogP contribution in [0.3, 0.4) is 0 Å². The number of nitrogens with zero attached hydrogens (tertiary/aromatic N) is 2. The van der Waals surface area contributed by atoms with Gasteiger partial charge in [0, 0.05) is 6.04 Å². The van der Waals surface area contributed by atoms with Gasteiger partial charge in [-0.3, -0.25) is 0 Å². The number of ether oxygens (including phenoxy) is 1. The Hall–Kier alpha value is -1.23. The molecule has 4 nitrogen and oxygen atoms in total. The van der Waals surface area contributed by atoms with E-state index < -0.39 is 5.82 Å². The molecule has 2 rings (SSSR count). The van der Waals surface area contributed by atoms with Gasteiger partial charge in [-0.25, -0.2) is 14.4 Å². The second-order valence-electron chi connectivity index (χ2n) is 3.43. The molecule has 2 N–H and O–H groups in total. The maximum atomic E-state index is 12.5. The van der Waals surface area contributed by atoms with Crippen molar-refractivity contribution in [2.75, 3.05) is 0 Å². The molecule has 1 aromatic rings. The summed E-state index contributed by atoms with van der Waals surface area (Å²) in [7, 11) is 0. The number of aromatic nitrogens is 2. The van der Waals surface area contributed by atoms with E-state index in [9.17, 15) is 4.39 Å². The minimum absolute atomic E-state index is 0.0274. The summed E-state index contributed by atoms with van der Waals surface area (Å²) in [4.78, 5) is 7.42. The van der Waals surface area contributed by atoms with Crippen molar-refractivity contribution in [1.82, 2.24) is 9.97 Å². The van der Waals surface area contributed by atoms with Gasteiger partial charge in [-0.1, -0.05) is 0 Å². The van der Waals surface area contributed by atoms with Crippen molar-refractivity contribution < 1.29 is 9.13 Å². The maximum Gasteiger partial charge on any atom is 0.316 e. The van der Waals surface area contributed by atoms with E-state index in [0.717, 1.165) is 31.7 Å². The van der Waals surface area contributed by atoms with E-state index in [2.05, 4.69) is 9.97 Å². The Balaban J connectivity index is 2.00. The molecule has 0 bridgehead atoms. The highest BCUT2D eigenvalue weighted by molar-refractivity contribution is 4.98. The molecule has 1 aromatic heterocycles. The summed E-state index contributed by atoms with van der Waals surface area (Å²) < 4.78 is 17.9. The van der Waals surface area contributed by atoms with E-state index >= 15 is 0 Å². The lowest BCUT2D eigenvalue weighted by atomic mass is 10.2. The summed E-state index contributed by atoms with van der Waals surface area (Å²) >= 11 is 0. The van der Waals surface area contributed by atoms with Crippen LogP contribution in [0.5, 0.6) is 6.01 Å². The third-order valence-corrected chi connectivity index (χ3v) is 2.36. The first kappa shape index (κ1) is 9.33. The molecule has 14 heavy (non-hydrogen) atoms. The molecule has 2 unspecified atom stereocenters. The van der Waals surface area contributed by atoms with Crippen LogP contribution in [0.2, 0.25) is 0 Å². The summed E-state index contributed by atoms with van der Waals surface area (Å²) in [5.74, 6) is -0.465. The Bertz CT molecular complexity index is 303. The van der Waals surface area contributed by atoms with Crippen LogP contribution in [0.25, 0.3) is 0 Å². The third kappa shape index (κ3) is 1.98. The zero-order valence-electron chi connectivity index (χ0n) is 7.69. The highest BCUT2D eigenvalue weighted by Gasteiger charge is 2.26. The predicted octanol–water partition coefficient (Wildman–Crippen LogP) is 0.874. The largest absolute Gasteiger partial charge is 0.458 e. The first-order chi connectivity index (χ1) is 6.75. The molecule has 0 aromatic carbocycles. The van der Waals surface area contributed by atoms with Crippen LogP contribution in [0.1, 0.15) is 19.3 Å². The highest BCUT2D eigenvalue weighted by atomic mass is 19.1. The van der Waals surface area contributed by atoms with Gasteiger partial charge in [0.25, 0.3) is 0 Å². The molecule has 1 heterocycles. The van der Waals surface area contributed by atoms with Gasteiger partial charge in [-0.05, 0) is 19.3 Å². The van der Waals surface area contributed by atoms with E-state index in [0.29, 0.717) is 0 Å². The van der Waals surface area contributed by atoms with Crippen molar-refractivity contribution in [3.63, 3.8) is 0 Å². The highest BCUT2D eigenvalue weighted by Crippen LogP contribution is 2.21. The van der Waals surface area contributed by atoms with Crippen LogP contribution in [-0.4, -0.2) is 22.1 Å².